The number of carbonyl (C=O) groups excluding carboxylic acids is 1. The number of hydrogen-bond acceptors (Lipinski definition) is 1. The van der Waals surface area contributed by atoms with Gasteiger partial charge in [0.25, 0.3) is 5.91 Å². The maximum Gasteiger partial charge on any atom is 0.253 e. The zero-order chi connectivity index (χ0) is 12.7. The van der Waals surface area contributed by atoms with Crippen LogP contribution in [0.25, 0.3) is 0 Å². The van der Waals surface area contributed by atoms with Gasteiger partial charge in [-0.25, -0.2) is 0 Å². The number of unbranched alkanes of at least 4 members (excludes halogenated alkanes) is 1. The van der Waals surface area contributed by atoms with Crippen LogP contribution >= 0.6 is 15.9 Å². The minimum Gasteiger partial charge on any atom is -0.338 e. The van der Waals surface area contributed by atoms with Gasteiger partial charge < -0.3 is 4.90 Å². The summed E-state index contributed by atoms with van der Waals surface area (Å²) in [7, 11) is 0. The standard InChI is InChI=1S/C14H20BrNO/c1-3-4-10-16(11-9-15)14(17)13-7-5-12(2)6-8-13/h5-8H,3-4,9-11H2,1-2H3. The Morgan fingerprint density at radius 2 is 1.88 bits per heavy atom. The van der Waals surface area contributed by atoms with Crippen molar-refractivity contribution in [3.63, 3.8) is 0 Å². The fourth-order valence-electron chi connectivity index (χ4n) is 1.64. The van der Waals surface area contributed by atoms with Crippen molar-refractivity contribution in [3.8, 4) is 0 Å². The van der Waals surface area contributed by atoms with Gasteiger partial charge in [0.15, 0.2) is 0 Å². The second-order valence-corrected chi connectivity index (χ2v) is 4.99. The summed E-state index contributed by atoms with van der Waals surface area (Å²) in [5, 5.41) is 0.828. The summed E-state index contributed by atoms with van der Waals surface area (Å²) in [4.78, 5) is 14.2. The van der Waals surface area contributed by atoms with Crippen molar-refractivity contribution in [2.45, 2.75) is 26.7 Å². The molecule has 0 spiro atoms. The van der Waals surface area contributed by atoms with Crippen LogP contribution in [0.4, 0.5) is 0 Å². The number of alkyl halides is 1. The van der Waals surface area contributed by atoms with Crippen molar-refractivity contribution in [1.29, 1.82) is 0 Å². The van der Waals surface area contributed by atoms with Crippen molar-refractivity contribution in [3.05, 3.63) is 35.4 Å². The number of amides is 1. The lowest BCUT2D eigenvalue weighted by atomic mass is 10.1. The van der Waals surface area contributed by atoms with Gasteiger partial charge in [0, 0.05) is 24.0 Å². The first kappa shape index (κ1) is 14.2. The third kappa shape index (κ3) is 4.50. The fraction of sp³-hybridized carbons (Fsp3) is 0.500. The molecule has 3 heteroatoms. The van der Waals surface area contributed by atoms with Crippen molar-refractivity contribution >= 4 is 21.8 Å². The third-order valence-corrected chi connectivity index (χ3v) is 3.08. The maximum absolute atomic E-state index is 12.3. The lowest BCUT2D eigenvalue weighted by Gasteiger charge is -2.21. The second-order valence-electron chi connectivity index (χ2n) is 4.20. The molecule has 17 heavy (non-hydrogen) atoms. The predicted molar refractivity (Wildman–Crippen MR) is 75.8 cm³/mol. The Hall–Kier alpha value is -0.830. The molecule has 0 atom stereocenters. The first-order valence-corrected chi connectivity index (χ1v) is 7.23. The number of benzene rings is 1. The Kier molecular flexibility index (Phi) is 6.27. The average molecular weight is 298 g/mol. The van der Waals surface area contributed by atoms with Crippen LogP contribution in [-0.2, 0) is 0 Å². The number of hydrogen-bond donors (Lipinski definition) is 0. The van der Waals surface area contributed by atoms with E-state index in [1.165, 1.54) is 5.56 Å². The van der Waals surface area contributed by atoms with E-state index < -0.39 is 0 Å². The summed E-state index contributed by atoms with van der Waals surface area (Å²) in [6.45, 7) is 5.78. The fourth-order valence-corrected chi connectivity index (χ4v) is 2.07. The molecule has 0 aromatic heterocycles. The summed E-state index contributed by atoms with van der Waals surface area (Å²) in [6.07, 6.45) is 2.17. The molecule has 0 saturated carbocycles. The van der Waals surface area contributed by atoms with Crippen LogP contribution in [0.2, 0.25) is 0 Å². The first-order valence-electron chi connectivity index (χ1n) is 6.11. The van der Waals surface area contributed by atoms with Crippen LogP contribution in [-0.4, -0.2) is 29.2 Å². The van der Waals surface area contributed by atoms with Crippen molar-refractivity contribution in [1.82, 2.24) is 4.90 Å². The Labute approximate surface area is 112 Å². The van der Waals surface area contributed by atoms with Gasteiger partial charge in [-0.3, -0.25) is 4.79 Å². The van der Waals surface area contributed by atoms with Crippen LogP contribution in [0.3, 0.4) is 0 Å². The molecule has 2 nitrogen and oxygen atoms in total. The average Bonchev–Trinajstić information content (AvgIpc) is 2.34. The number of rotatable bonds is 6. The lowest BCUT2D eigenvalue weighted by molar-refractivity contribution is 0.0764. The van der Waals surface area contributed by atoms with Crippen molar-refractivity contribution in [2.75, 3.05) is 18.4 Å². The van der Waals surface area contributed by atoms with Crippen LogP contribution in [0.5, 0.6) is 0 Å². The van der Waals surface area contributed by atoms with E-state index in [1.54, 1.807) is 0 Å². The second kappa shape index (κ2) is 7.49. The van der Waals surface area contributed by atoms with E-state index in [1.807, 2.05) is 36.1 Å². The Bertz CT molecular complexity index is 348. The van der Waals surface area contributed by atoms with Gasteiger partial charge in [-0.15, -0.1) is 0 Å². The van der Waals surface area contributed by atoms with Gasteiger partial charge in [0.05, 0.1) is 0 Å². The lowest BCUT2D eigenvalue weighted by Crippen LogP contribution is -2.33. The molecule has 0 heterocycles. The van der Waals surface area contributed by atoms with Gasteiger partial charge in [0.1, 0.15) is 0 Å². The number of halogens is 1. The Morgan fingerprint density at radius 3 is 2.41 bits per heavy atom. The molecule has 1 rings (SSSR count). The van der Waals surface area contributed by atoms with Crippen molar-refractivity contribution in [2.24, 2.45) is 0 Å². The summed E-state index contributed by atoms with van der Waals surface area (Å²) in [6, 6.07) is 7.79. The molecule has 1 aromatic rings. The minimum absolute atomic E-state index is 0.137. The topological polar surface area (TPSA) is 20.3 Å². The predicted octanol–water partition coefficient (Wildman–Crippen LogP) is 3.63. The van der Waals surface area contributed by atoms with E-state index in [-0.39, 0.29) is 5.91 Å². The summed E-state index contributed by atoms with van der Waals surface area (Å²) >= 11 is 3.40. The molecule has 0 bridgehead atoms. The molecule has 0 N–H and O–H groups in total. The molecule has 0 aliphatic heterocycles. The molecular weight excluding hydrogens is 278 g/mol. The maximum atomic E-state index is 12.3. The highest BCUT2D eigenvalue weighted by Crippen LogP contribution is 2.08. The van der Waals surface area contributed by atoms with Crippen LogP contribution < -0.4 is 0 Å². The molecule has 0 fully saturated rings. The SMILES string of the molecule is CCCCN(CCBr)C(=O)c1ccc(C)cc1. The van der Waals surface area contributed by atoms with E-state index in [4.69, 9.17) is 0 Å². The van der Waals surface area contributed by atoms with Gasteiger partial charge in [-0.2, -0.15) is 0 Å². The Morgan fingerprint density at radius 1 is 1.24 bits per heavy atom. The van der Waals surface area contributed by atoms with Gasteiger partial charge in [0.2, 0.25) is 0 Å². The summed E-state index contributed by atoms with van der Waals surface area (Å²) in [5.74, 6) is 0.137. The zero-order valence-corrected chi connectivity index (χ0v) is 12.2. The molecular formula is C14H20BrNO. The first-order chi connectivity index (χ1) is 8.19. The van der Waals surface area contributed by atoms with E-state index >= 15 is 0 Å². The van der Waals surface area contributed by atoms with Crippen LogP contribution in [0, 0.1) is 6.92 Å². The molecule has 0 unspecified atom stereocenters. The van der Waals surface area contributed by atoms with Crippen molar-refractivity contribution < 1.29 is 4.79 Å². The molecule has 94 valence electrons. The van der Waals surface area contributed by atoms with Crippen LogP contribution in [0.1, 0.15) is 35.7 Å². The summed E-state index contributed by atoms with van der Waals surface area (Å²) < 4.78 is 0. The number of aryl methyl sites for hydroxylation is 1. The van der Waals surface area contributed by atoms with Gasteiger partial charge >= 0.3 is 0 Å². The molecule has 0 saturated heterocycles. The number of nitrogens with zero attached hydrogens (tertiary/aromatic N) is 1. The van der Waals surface area contributed by atoms with E-state index in [0.29, 0.717) is 0 Å². The summed E-state index contributed by atoms with van der Waals surface area (Å²) in [5.41, 5.74) is 1.97. The largest absolute Gasteiger partial charge is 0.338 e. The van der Waals surface area contributed by atoms with E-state index in [2.05, 4.69) is 22.9 Å². The smallest absolute Gasteiger partial charge is 0.253 e. The highest BCUT2D eigenvalue weighted by Gasteiger charge is 2.13. The monoisotopic (exact) mass is 297 g/mol. The molecule has 0 radical (unpaired) electrons. The third-order valence-electron chi connectivity index (χ3n) is 2.72. The van der Waals surface area contributed by atoms with Gasteiger partial charge in [-0.1, -0.05) is 47.0 Å². The molecule has 1 amide bonds. The normalized spacial score (nSPS) is 10.3. The minimum atomic E-state index is 0.137. The van der Waals surface area contributed by atoms with E-state index in [0.717, 1.165) is 36.8 Å². The molecule has 0 aliphatic rings. The quantitative estimate of drug-likeness (QED) is 0.734. The molecule has 0 aliphatic carbocycles. The highest BCUT2D eigenvalue weighted by molar-refractivity contribution is 9.09. The van der Waals surface area contributed by atoms with Crippen LogP contribution in [0.15, 0.2) is 24.3 Å². The number of carbonyl (C=O) groups is 1. The zero-order valence-electron chi connectivity index (χ0n) is 10.6. The Balaban J connectivity index is 2.72. The van der Waals surface area contributed by atoms with Gasteiger partial charge in [-0.05, 0) is 25.5 Å². The highest BCUT2D eigenvalue weighted by atomic mass is 79.9. The molecule has 1 aromatic carbocycles. The van der Waals surface area contributed by atoms with E-state index in [9.17, 15) is 4.79 Å².